The smallest absolute Gasteiger partial charge is 0.146 e. The Labute approximate surface area is 116 Å². The molecule has 0 unspecified atom stereocenters. The summed E-state index contributed by atoms with van der Waals surface area (Å²) >= 11 is 5.72. The highest BCUT2D eigenvalue weighted by Gasteiger charge is 2.08. The fourth-order valence-electron chi connectivity index (χ4n) is 1.84. The van der Waals surface area contributed by atoms with Crippen LogP contribution in [0, 0.1) is 24.1 Å². The molecule has 0 bridgehead atoms. The molecule has 2 aromatic carbocycles. The van der Waals surface area contributed by atoms with E-state index in [2.05, 4.69) is 11.4 Å². The quantitative estimate of drug-likeness (QED) is 0.907. The first-order valence-corrected chi connectivity index (χ1v) is 6.17. The van der Waals surface area contributed by atoms with Crippen molar-refractivity contribution in [2.24, 2.45) is 0 Å². The van der Waals surface area contributed by atoms with Gasteiger partial charge in [0.25, 0.3) is 0 Å². The molecular formula is C15H12ClFN2. The number of nitrogens with one attached hydrogen (secondary N) is 1. The van der Waals surface area contributed by atoms with Gasteiger partial charge >= 0.3 is 0 Å². The summed E-state index contributed by atoms with van der Waals surface area (Å²) in [5.74, 6) is -0.428. The van der Waals surface area contributed by atoms with Gasteiger partial charge < -0.3 is 5.32 Å². The molecule has 0 saturated carbocycles. The lowest BCUT2D eigenvalue weighted by Crippen LogP contribution is -2.04. The van der Waals surface area contributed by atoms with E-state index in [9.17, 15) is 4.39 Å². The molecule has 0 aliphatic rings. The number of hydrogen-bond acceptors (Lipinski definition) is 2. The van der Waals surface area contributed by atoms with E-state index in [0.29, 0.717) is 16.8 Å². The van der Waals surface area contributed by atoms with Crippen LogP contribution >= 0.6 is 11.6 Å². The second kappa shape index (κ2) is 5.73. The van der Waals surface area contributed by atoms with Gasteiger partial charge in [-0.25, -0.2) is 4.39 Å². The van der Waals surface area contributed by atoms with E-state index in [1.165, 1.54) is 6.07 Å². The average molecular weight is 275 g/mol. The number of hydrogen-bond donors (Lipinski definition) is 1. The van der Waals surface area contributed by atoms with Crippen LogP contribution in [0.2, 0.25) is 5.02 Å². The van der Waals surface area contributed by atoms with Crippen molar-refractivity contribution in [1.82, 2.24) is 0 Å². The molecule has 0 aliphatic heterocycles. The Morgan fingerprint density at radius 2 is 2.00 bits per heavy atom. The fraction of sp³-hybridized carbons (Fsp3) is 0.133. The summed E-state index contributed by atoms with van der Waals surface area (Å²) in [6.45, 7) is 2.15. The van der Waals surface area contributed by atoms with Gasteiger partial charge in [0.1, 0.15) is 11.9 Å². The molecule has 0 aliphatic carbocycles. The molecular weight excluding hydrogens is 263 g/mol. The van der Waals surface area contributed by atoms with Gasteiger partial charge in [-0.15, -0.1) is 0 Å². The zero-order valence-corrected chi connectivity index (χ0v) is 11.1. The largest absolute Gasteiger partial charge is 0.380 e. The van der Waals surface area contributed by atoms with Crippen molar-refractivity contribution in [3.63, 3.8) is 0 Å². The molecule has 2 rings (SSSR count). The van der Waals surface area contributed by atoms with Crippen LogP contribution in [-0.4, -0.2) is 0 Å². The van der Waals surface area contributed by atoms with Gasteiger partial charge in [0.05, 0.1) is 16.3 Å². The van der Waals surface area contributed by atoms with Crippen molar-refractivity contribution in [3.05, 3.63) is 63.9 Å². The van der Waals surface area contributed by atoms with Gasteiger partial charge in [-0.05, 0) is 24.6 Å². The van der Waals surface area contributed by atoms with Crippen LogP contribution in [0.15, 0.2) is 36.4 Å². The third-order valence-corrected chi connectivity index (χ3v) is 3.18. The predicted molar refractivity (Wildman–Crippen MR) is 74.6 cm³/mol. The molecule has 0 amide bonds. The van der Waals surface area contributed by atoms with Crippen LogP contribution in [0.3, 0.4) is 0 Å². The van der Waals surface area contributed by atoms with E-state index in [0.717, 1.165) is 5.56 Å². The van der Waals surface area contributed by atoms with E-state index in [1.54, 1.807) is 18.2 Å². The molecule has 0 fully saturated rings. The second-order valence-corrected chi connectivity index (χ2v) is 4.58. The summed E-state index contributed by atoms with van der Waals surface area (Å²) in [5, 5.41) is 12.3. The van der Waals surface area contributed by atoms with Gasteiger partial charge in [0.2, 0.25) is 0 Å². The number of nitriles is 1. The molecule has 2 aromatic rings. The molecule has 0 spiro atoms. The summed E-state index contributed by atoms with van der Waals surface area (Å²) < 4.78 is 13.7. The zero-order valence-electron chi connectivity index (χ0n) is 10.4. The molecule has 19 heavy (non-hydrogen) atoms. The summed E-state index contributed by atoms with van der Waals surface area (Å²) in [6, 6.07) is 12.5. The van der Waals surface area contributed by atoms with Gasteiger partial charge in [0, 0.05) is 12.1 Å². The van der Waals surface area contributed by atoms with Crippen LogP contribution in [0.4, 0.5) is 10.1 Å². The van der Waals surface area contributed by atoms with Crippen LogP contribution in [-0.2, 0) is 6.54 Å². The predicted octanol–water partition coefficient (Wildman–Crippen LogP) is 4.27. The van der Waals surface area contributed by atoms with E-state index >= 15 is 0 Å². The van der Waals surface area contributed by atoms with Crippen molar-refractivity contribution in [3.8, 4) is 6.07 Å². The molecule has 2 nitrogen and oxygen atoms in total. The summed E-state index contributed by atoms with van der Waals surface area (Å²) in [5.41, 5.74) is 2.63. The number of anilines is 1. The summed E-state index contributed by atoms with van der Waals surface area (Å²) in [6.07, 6.45) is 0. The number of halogens is 2. The highest BCUT2D eigenvalue weighted by molar-refractivity contribution is 6.30. The first-order chi connectivity index (χ1) is 9.13. The SMILES string of the molecule is Cc1cccc(NCc2cccc(Cl)c2F)c1C#N. The Morgan fingerprint density at radius 1 is 1.26 bits per heavy atom. The average Bonchev–Trinajstić information content (AvgIpc) is 2.40. The Balaban J connectivity index is 2.22. The first-order valence-electron chi connectivity index (χ1n) is 5.80. The topological polar surface area (TPSA) is 35.8 Å². The minimum atomic E-state index is -0.428. The maximum absolute atomic E-state index is 13.7. The third-order valence-electron chi connectivity index (χ3n) is 2.89. The van der Waals surface area contributed by atoms with Crippen molar-refractivity contribution in [2.45, 2.75) is 13.5 Å². The lowest BCUT2D eigenvalue weighted by Gasteiger charge is -2.10. The maximum Gasteiger partial charge on any atom is 0.146 e. The van der Waals surface area contributed by atoms with Crippen LogP contribution in [0.5, 0.6) is 0 Å². The van der Waals surface area contributed by atoms with Gasteiger partial charge in [-0.3, -0.25) is 0 Å². The minimum Gasteiger partial charge on any atom is -0.380 e. The second-order valence-electron chi connectivity index (χ2n) is 4.18. The standard InChI is InChI=1S/C15H12ClFN2/c1-10-4-2-7-14(12(10)8-18)19-9-11-5-3-6-13(16)15(11)17/h2-7,19H,9H2,1H3. The van der Waals surface area contributed by atoms with Crippen LogP contribution < -0.4 is 5.32 Å². The van der Waals surface area contributed by atoms with Crippen molar-refractivity contribution in [2.75, 3.05) is 5.32 Å². The lowest BCUT2D eigenvalue weighted by molar-refractivity contribution is 0.613. The van der Waals surface area contributed by atoms with Gasteiger partial charge in [-0.2, -0.15) is 5.26 Å². The monoisotopic (exact) mass is 274 g/mol. The number of aryl methyl sites for hydroxylation is 1. The highest BCUT2D eigenvalue weighted by atomic mass is 35.5. The summed E-state index contributed by atoms with van der Waals surface area (Å²) in [7, 11) is 0. The molecule has 0 radical (unpaired) electrons. The number of rotatable bonds is 3. The molecule has 0 aromatic heterocycles. The number of benzene rings is 2. The van der Waals surface area contributed by atoms with Crippen LogP contribution in [0.1, 0.15) is 16.7 Å². The fourth-order valence-corrected chi connectivity index (χ4v) is 2.03. The molecule has 1 N–H and O–H groups in total. The number of nitrogens with zero attached hydrogens (tertiary/aromatic N) is 1. The molecule has 0 atom stereocenters. The van der Waals surface area contributed by atoms with E-state index in [1.807, 2.05) is 19.1 Å². The summed E-state index contributed by atoms with van der Waals surface area (Å²) in [4.78, 5) is 0. The highest BCUT2D eigenvalue weighted by Crippen LogP contribution is 2.22. The first kappa shape index (κ1) is 13.4. The van der Waals surface area contributed by atoms with Crippen molar-refractivity contribution in [1.29, 1.82) is 5.26 Å². The van der Waals surface area contributed by atoms with E-state index in [4.69, 9.17) is 16.9 Å². The van der Waals surface area contributed by atoms with Gasteiger partial charge in [-0.1, -0.05) is 35.9 Å². The van der Waals surface area contributed by atoms with Gasteiger partial charge in [0.15, 0.2) is 0 Å². The third kappa shape index (κ3) is 2.86. The zero-order chi connectivity index (χ0) is 13.8. The minimum absolute atomic E-state index is 0.101. The lowest BCUT2D eigenvalue weighted by atomic mass is 10.1. The maximum atomic E-state index is 13.7. The Morgan fingerprint density at radius 3 is 2.74 bits per heavy atom. The van der Waals surface area contributed by atoms with Crippen molar-refractivity contribution >= 4 is 17.3 Å². The van der Waals surface area contributed by atoms with Crippen molar-refractivity contribution < 1.29 is 4.39 Å². The Kier molecular flexibility index (Phi) is 4.03. The molecule has 0 saturated heterocycles. The molecule has 96 valence electrons. The van der Waals surface area contributed by atoms with E-state index in [-0.39, 0.29) is 11.6 Å². The Bertz CT molecular complexity index is 647. The van der Waals surface area contributed by atoms with E-state index < -0.39 is 5.82 Å². The van der Waals surface area contributed by atoms with Crippen LogP contribution in [0.25, 0.3) is 0 Å². The molecule has 0 heterocycles. The Hall–Kier alpha value is -2.05. The molecule has 4 heteroatoms. The normalized spacial score (nSPS) is 10.0.